The quantitative estimate of drug-likeness (QED) is 0.933. The number of rotatable bonds is 4. The number of halogens is 1. The van der Waals surface area contributed by atoms with Crippen LogP contribution in [-0.4, -0.2) is 10.1 Å². The van der Waals surface area contributed by atoms with E-state index in [1.54, 1.807) is 6.26 Å². The first kappa shape index (κ1) is 14.1. The van der Waals surface area contributed by atoms with E-state index >= 15 is 0 Å². The third kappa shape index (κ3) is 2.98. The zero-order valence-corrected chi connectivity index (χ0v) is 11.5. The molecule has 0 saturated heterocycles. The zero-order valence-electron chi connectivity index (χ0n) is 10.7. The first-order valence-corrected chi connectivity index (χ1v) is 6.41. The first-order valence-electron chi connectivity index (χ1n) is 6.41. The lowest BCUT2D eigenvalue weighted by atomic mass is 9.99. The Kier molecular flexibility index (Phi) is 4.27. The van der Waals surface area contributed by atoms with Crippen molar-refractivity contribution in [2.75, 3.05) is 0 Å². The molecule has 0 aromatic carbocycles. The predicted molar refractivity (Wildman–Crippen MR) is 72.0 cm³/mol. The van der Waals surface area contributed by atoms with Crippen molar-refractivity contribution in [2.24, 2.45) is 5.73 Å². The Balaban J connectivity index is 0.00000133. The SMILES string of the molecule is Cl.NC1(c2noc(CCc3ccco3)n2)CCCC1. The molecule has 6 heteroatoms. The van der Waals surface area contributed by atoms with Crippen LogP contribution >= 0.6 is 12.4 Å². The maximum Gasteiger partial charge on any atom is 0.227 e. The smallest absolute Gasteiger partial charge is 0.227 e. The van der Waals surface area contributed by atoms with Gasteiger partial charge in [0.15, 0.2) is 5.82 Å². The molecule has 1 fully saturated rings. The second kappa shape index (κ2) is 5.75. The molecule has 5 nitrogen and oxygen atoms in total. The molecule has 2 heterocycles. The van der Waals surface area contributed by atoms with Gasteiger partial charge in [-0.3, -0.25) is 0 Å². The van der Waals surface area contributed by atoms with E-state index in [9.17, 15) is 0 Å². The van der Waals surface area contributed by atoms with Crippen LogP contribution in [0.25, 0.3) is 0 Å². The van der Waals surface area contributed by atoms with Crippen LogP contribution in [0.2, 0.25) is 0 Å². The van der Waals surface area contributed by atoms with Crippen molar-refractivity contribution in [2.45, 2.75) is 44.1 Å². The summed E-state index contributed by atoms with van der Waals surface area (Å²) in [5.41, 5.74) is 5.91. The fourth-order valence-corrected chi connectivity index (χ4v) is 2.47. The summed E-state index contributed by atoms with van der Waals surface area (Å²) < 4.78 is 10.5. The van der Waals surface area contributed by atoms with E-state index in [1.165, 1.54) is 0 Å². The highest BCUT2D eigenvalue weighted by atomic mass is 35.5. The molecule has 0 aliphatic heterocycles. The van der Waals surface area contributed by atoms with E-state index in [0.29, 0.717) is 18.1 Å². The molecule has 2 N–H and O–H groups in total. The van der Waals surface area contributed by atoms with E-state index in [4.69, 9.17) is 14.7 Å². The number of nitrogens with two attached hydrogens (primary N) is 1. The monoisotopic (exact) mass is 283 g/mol. The van der Waals surface area contributed by atoms with Gasteiger partial charge in [0.25, 0.3) is 0 Å². The summed E-state index contributed by atoms with van der Waals surface area (Å²) in [4.78, 5) is 4.42. The van der Waals surface area contributed by atoms with Crippen LogP contribution in [0.3, 0.4) is 0 Å². The van der Waals surface area contributed by atoms with Crippen molar-refractivity contribution in [1.82, 2.24) is 10.1 Å². The number of hydrogen-bond acceptors (Lipinski definition) is 5. The Labute approximate surface area is 118 Å². The number of aryl methyl sites for hydroxylation is 2. The van der Waals surface area contributed by atoms with E-state index in [1.807, 2.05) is 12.1 Å². The average molecular weight is 284 g/mol. The maximum absolute atomic E-state index is 6.28. The molecule has 2 aromatic heterocycles. The molecule has 19 heavy (non-hydrogen) atoms. The molecule has 0 amide bonds. The molecule has 1 aliphatic carbocycles. The van der Waals surface area contributed by atoms with Gasteiger partial charge in [0.05, 0.1) is 11.8 Å². The normalized spacial score (nSPS) is 17.3. The van der Waals surface area contributed by atoms with Crippen LogP contribution in [0.1, 0.15) is 43.2 Å². The van der Waals surface area contributed by atoms with Gasteiger partial charge in [-0.2, -0.15) is 4.98 Å². The molecule has 1 saturated carbocycles. The van der Waals surface area contributed by atoms with Gasteiger partial charge in [0.1, 0.15) is 5.76 Å². The van der Waals surface area contributed by atoms with Crippen LogP contribution in [0.4, 0.5) is 0 Å². The number of aromatic nitrogens is 2. The van der Waals surface area contributed by atoms with Crippen molar-refractivity contribution in [3.05, 3.63) is 35.9 Å². The van der Waals surface area contributed by atoms with Gasteiger partial charge in [0.2, 0.25) is 5.89 Å². The lowest BCUT2D eigenvalue weighted by molar-refractivity contribution is 0.346. The predicted octanol–water partition coefficient (Wildman–Crippen LogP) is 2.60. The van der Waals surface area contributed by atoms with Crippen molar-refractivity contribution in [1.29, 1.82) is 0 Å². The molecule has 1 aliphatic rings. The third-order valence-electron chi connectivity index (χ3n) is 3.57. The third-order valence-corrected chi connectivity index (χ3v) is 3.57. The minimum atomic E-state index is -0.369. The van der Waals surface area contributed by atoms with Crippen molar-refractivity contribution in [3.8, 4) is 0 Å². The van der Waals surface area contributed by atoms with Gasteiger partial charge in [-0.1, -0.05) is 18.0 Å². The largest absolute Gasteiger partial charge is 0.469 e. The number of hydrogen-bond donors (Lipinski definition) is 1. The molecular formula is C13H18ClN3O2. The van der Waals surface area contributed by atoms with E-state index in [2.05, 4.69) is 10.1 Å². The molecule has 0 spiro atoms. The molecule has 104 valence electrons. The molecule has 0 bridgehead atoms. The van der Waals surface area contributed by atoms with Crippen molar-refractivity contribution < 1.29 is 8.94 Å². The van der Waals surface area contributed by atoms with E-state index in [0.717, 1.165) is 37.9 Å². The standard InChI is InChI=1S/C13H17N3O2.ClH/c14-13(7-1-2-8-13)12-15-11(18-16-12)6-5-10-4-3-9-17-10;/h3-4,9H,1-2,5-8,14H2;1H. The van der Waals surface area contributed by atoms with E-state index in [-0.39, 0.29) is 17.9 Å². The van der Waals surface area contributed by atoms with Crippen molar-refractivity contribution in [3.63, 3.8) is 0 Å². The highest BCUT2D eigenvalue weighted by molar-refractivity contribution is 5.85. The molecule has 3 rings (SSSR count). The Morgan fingerprint density at radius 2 is 2.05 bits per heavy atom. The number of furan rings is 1. The van der Waals surface area contributed by atoms with Gasteiger partial charge in [-0.15, -0.1) is 12.4 Å². The summed E-state index contributed by atoms with van der Waals surface area (Å²) >= 11 is 0. The highest BCUT2D eigenvalue weighted by Gasteiger charge is 2.35. The van der Waals surface area contributed by atoms with Gasteiger partial charge in [-0.05, 0) is 25.0 Å². The summed E-state index contributed by atoms with van der Waals surface area (Å²) in [6.07, 6.45) is 7.32. The summed E-state index contributed by atoms with van der Waals surface area (Å²) in [7, 11) is 0. The second-order valence-electron chi connectivity index (χ2n) is 4.95. The fourth-order valence-electron chi connectivity index (χ4n) is 2.47. The molecule has 0 atom stereocenters. The number of nitrogens with zero attached hydrogens (tertiary/aromatic N) is 2. The van der Waals surface area contributed by atoms with Gasteiger partial charge in [0, 0.05) is 12.8 Å². The molecule has 0 unspecified atom stereocenters. The van der Waals surface area contributed by atoms with Crippen LogP contribution in [0, 0.1) is 0 Å². The molecule has 0 radical (unpaired) electrons. The Morgan fingerprint density at radius 3 is 2.74 bits per heavy atom. The Hall–Kier alpha value is -1.33. The second-order valence-corrected chi connectivity index (χ2v) is 4.95. The summed E-state index contributed by atoms with van der Waals surface area (Å²) in [5.74, 6) is 2.23. The Morgan fingerprint density at radius 1 is 1.26 bits per heavy atom. The first-order chi connectivity index (χ1) is 8.76. The lowest BCUT2D eigenvalue weighted by Crippen LogP contribution is -2.34. The van der Waals surface area contributed by atoms with Gasteiger partial charge < -0.3 is 14.7 Å². The van der Waals surface area contributed by atoms with Crippen LogP contribution < -0.4 is 5.73 Å². The minimum Gasteiger partial charge on any atom is -0.469 e. The Bertz CT molecular complexity index is 504. The average Bonchev–Trinajstić information content (AvgIpc) is 3.08. The van der Waals surface area contributed by atoms with Crippen LogP contribution in [-0.2, 0) is 18.4 Å². The summed E-state index contributed by atoms with van der Waals surface area (Å²) in [6.45, 7) is 0. The molecule has 2 aromatic rings. The lowest BCUT2D eigenvalue weighted by Gasteiger charge is -2.17. The van der Waals surface area contributed by atoms with Crippen LogP contribution in [0.15, 0.2) is 27.3 Å². The highest BCUT2D eigenvalue weighted by Crippen LogP contribution is 2.34. The fraction of sp³-hybridized carbons (Fsp3) is 0.538. The zero-order chi connectivity index (χ0) is 12.4. The van der Waals surface area contributed by atoms with Gasteiger partial charge in [-0.25, -0.2) is 0 Å². The van der Waals surface area contributed by atoms with Crippen molar-refractivity contribution >= 4 is 12.4 Å². The molecular weight excluding hydrogens is 266 g/mol. The topological polar surface area (TPSA) is 78.1 Å². The van der Waals surface area contributed by atoms with Gasteiger partial charge >= 0.3 is 0 Å². The summed E-state index contributed by atoms with van der Waals surface area (Å²) in [5, 5.41) is 4.03. The summed E-state index contributed by atoms with van der Waals surface area (Å²) in [6, 6.07) is 3.82. The van der Waals surface area contributed by atoms with Crippen LogP contribution in [0.5, 0.6) is 0 Å². The minimum absolute atomic E-state index is 0. The van der Waals surface area contributed by atoms with E-state index < -0.39 is 0 Å². The maximum atomic E-state index is 6.28.